The Bertz CT molecular complexity index is 708. The number of carbonyl (C=O) groups excluding carboxylic acids is 1. The number of esters is 1. The van der Waals surface area contributed by atoms with Crippen LogP contribution in [0.2, 0.25) is 0 Å². The van der Waals surface area contributed by atoms with E-state index in [0.29, 0.717) is 11.1 Å². The molecule has 0 bridgehead atoms. The molecule has 2 aromatic rings. The Balaban J connectivity index is 2.17. The van der Waals surface area contributed by atoms with Gasteiger partial charge in [-0.15, -0.1) is 0 Å². The first kappa shape index (κ1) is 14.5. The lowest BCUT2D eigenvalue weighted by molar-refractivity contribution is 0.0599. The summed E-state index contributed by atoms with van der Waals surface area (Å²) >= 11 is 0. The second-order valence-electron chi connectivity index (χ2n) is 4.31. The van der Waals surface area contributed by atoms with Gasteiger partial charge in [0.05, 0.1) is 30.0 Å². The molecule has 2 rings (SSSR count). The first-order valence-corrected chi connectivity index (χ1v) is 6.25. The highest BCUT2D eigenvalue weighted by Crippen LogP contribution is 2.18. The topological polar surface area (TPSA) is 62.1 Å². The summed E-state index contributed by atoms with van der Waals surface area (Å²) in [5.74, 6) is -0.947. The van der Waals surface area contributed by atoms with Crippen LogP contribution in [-0.2, 0) is 11.3 Å². The Morgan fingerprint density at radius 3 is 2.76 bits per heavy atom. The van der Waals surface area contributed by atoms with Crippen LogP contribution in [-0.4, -0.2) is 13.1 Å². The van der Waals surface area contributed by atoms with E-state index in [1.54, 1.807) is 24.3 Å². The molecule has 0 saturated carbocycles. The predicted octanol–water partition coefficient (Wildman–Crippen LogP) is 3.10. The number of rotatable bonds is 4. The number of nitrogens with zero attached hydrogens (tertiary/aromatic N) is 1. The number of hydrogen-bond donors (Lipinski definition) is 1. The van der Waals surface area contributed by atoms with Crippen molar-refractivity contribution in [2.75, 3.05) is 12.4 Å². The smallest absolute Gasteiger partial charge is 0.338 e. The average molecular weight is 284 g/mol. The van der Waals surface area contributed by atoms with Crippen molar-refractivity contribution in [3.05, 3.63) is 65.0 Å². The van der Waals surface area contributed by atoms with Crippen LogP contribution in [0.5, 0.6) is 0 Å². The van der Waals surface area contributed by atoms with Crippen molar-refractivity contribution < 1.29 is 13.9 Å². The van der Waals surface area contributed by atoms with Gasteiger partial charge in [-0.1, -0.05) is 18.2 Å². The van der Waals surface area contributed by atoms with E-state index in [-0.39, 0.29) is 17.8 Å². The summed E-state index contributed by atoms with van der Waals surface area (Å²) in [4.78, 5) is 11.6. The van der Waals surface area contributed by atoms with Gasteiger partial charge in [0.25, 0.3) is 0 Å². The summed E-state index contributed by atoms with van der Waals surface area (Å²) in [5.41, 5.74) is 1.66. The SMILES string of the molecule is COC(=O)c1ccccc1CNc1ccc(C#N)cc1F. The van der Waals surface area contributed by atoms with Crippen LogP contribution < -0.4 is 5.32 Å². The molecular formula is C16H13FN2O2. The van der Waals surface area contributed by atoms with E-state index in [4.69, 9.17) is 10.00 Å². The van der Waals surface area contributed by atoms with Crippen LogP contribution in [0, 0.1) is 17.1 Å². The van der Waals surface area contributed by atoms with Crippen molar-refractivity contribution in [1.29, 1.82) is 5.26 Å². The van der Waals surface area contributed by atoms with Crippen molar-refractivity contribution in [1.82, 2.24) is 0 Å². The number of nitrogens with one attached hydrogen (secondary N) is 1. The van der Waals surface area contributed by atoms with E-state index in [0.717, 1.165) is 6.07 Å². The van der Waals surface area contributed by atoms with E-state index in [1.807, 2.05) is 6.07 Å². The second-order valence-corrected chi connectivity index (χ2v) is 4.31. The van der Waals surface area contributed by atoms with Crippen LogP contribution in [0.1, 0.15) is 21.5 Å². The summed E-state index contributed by atoms with van der Waals surface area (Å²) < 4.78 is 18.5. The summed E-state index contributed by atoms with van der Waals surface area (Å²) in [7, 11) is 1.31. The third-order valence-corrected chi connectivity index (χ3v) is 2.99. The number of hydrogen-bond acceptors (Lipinski definition) is 4. The zero-order chi connectivity index (χ0) is 15.2. The van der Waals surface area contributed by atoms with Gasteiger partial charge in [-0.05, 0) is 29.8 Å². The number of anilines is 1. The molecule has 0 aromatic heterocycles. The minimum absolute atomic E-state index is 0.257. The van der Waals surface area contributed by atoms with Crippen molar-refractivity contribution in [2.24, 2.45) is 0 Å². The van der Waals surface area contributed by atoms with E-state index < -0.39 is 11.8 Å². The van der Waals surface area contributed by atoms with Gasteiger partial charge in [-0.25, -0.2) is 9.18 Å². The Labute approximate surface area is 121 Å². The maximum atomic E-state index is 13.8. The summed E-state index contributed by atoms with van der Waals surface area (Å²) in [6.07, 6.45) is 0. The van der Waals surface area contributed by atoms with Crippen molar-refractivity contribution in [3.8, 4) is 6.07 Å². The molecule has 1 N–H and O–H groups in total. The van der Waals surface area contributed by atoms with E-state index in [2.05, 4.69) is 5.32 Å². The fraction of sp³-hybridized carbons (Fsp3) is 0.125. The van der Waals surface area contributed by atoms with Gasteiger partial charge < -0.3 is 10.1 Å². The molecular weight excluding hydrogens is 271 g/mol. The monoisotopic (exact) mass is 284 g/mol. The molecule has 4 nitrogen and oxygen atoms in total. The van der Waals surface area contributed by atoms with Gasteiger partial charge in [0.15, 0.2) is 0 Å². The third-order valence-electron chi connectivity index (χ3n) is 2.99. The average Bonchev–Trinajstić information content (AvgIpc) is 2.53. The van der Waals surface area contributed by atoms with E-state index in [9.17, 15) is 9.18 Å². The second kappa shape index (κ2) is 6.53. The van der Waals surface area contributed by atoms with Crippen LogP contribution in [0.3, 0.4) is 0 Å². The highest BCUT2D eigenvalue weighted by Gasteiger charge is 2.11. The van der Waals surface area contributed by atoms with Crippen molar-refractivity contribution in [2.45, 2.75) is 6.54 Å². The quantitative estimate of drug-likeness (QED) is 0.876. The molecule has 106 valence electrons. The molecule has 0 spiro atoms. The molecule has 0 heterocycles. The number of ether oxygens (including phenoxy) is 1. The lowest BCUT2D eigenvalue weighted by Crippen LogP contribution is -2.09. The molecule has 5 heteroatoms. The summed E-state index contributed by atoms with van der Waals surface area (Å²) in [6, 6.07) is 13.0. The zero-order valence-corrected chi connectivity index (χ0v) is 11.4. The van der Waals surface area contributed by atoms with Gasteiger partial charge in [0, 0.05) is 6.54 Å². The Morgan fingerprint density at radius 2 is 2.10 bits per heavy atom. The molecule has 0 radical (unpaired) electrons. The molecule has 0 fully saturated rings. The van der Waals surface area contributed by atoms with Gasteiger partial charge in [-0.2, -0.15) is 5.26 Å². The standard InChI is InChI=1S/C16H13FN2O2/c1-21-16(20)13-5-3-2-4-12(13)10-19-15-7-6-11(9-18)8-14(15)17/h2-8,19H,10H2,1H3. The maximum absolute atomic E-state index is 13.8. The molecule has 0 saturated heterocycles. The zero-order valence-electron chi connectivity index (χ0n) is 11.4. The first-order valence-electron chi connectivity index (χ1n) is 6.25. The van der Waals surface area contributed by atoms with Crippen molar-refractivity contribution >= 4 is 11.7 Å². The third kappa shape index (κ3) is 3.37. The van der Waals surface area contributed by atoms with Crippen molar-refractivity contribution in [3.63, 3.8) is 0 Å². The fourth-order valence-corrected chi connectivity index (χ4v) is 1.90. The minimum atomic E-state index is -0.510. The van der Waals surface area contributed by atoms with Gasteiger partial charge in [0.2, 0.25) is 0 Å². The predicted molar refractivity (Wildman–Crippen MR) is 76.2 cm³/mol. The number of halogens is 1. The number of methoxy groups -OCH3 is 1. The molecule has 0 aliphatic heterocycles. The largest absolute Gasteiger partial charge is 0.465 e. The normalized spacial score (nSPS) is 9.76. The molecule has 2 aromatic carbocycles. The highest BCUT2D eigenvalue weighted by atomic mass is 19.1. The van der Waals surface area contributed by atoms with E-state index in [1.165, 1.54) is 19.2 Å². The number of benzene rings is 2. The molecule has 0 aliphatic carbocycles. The molecule has 0 amide bonds. The Kier molecular flexibility index (Phi) is 4.52. The molecule has 0 atom stereocenters. The lowest BCUT2D eigenvalue weighted by Gasteiger charge is -2.11. The summed E-state index contributed by atoms with van der Waals surface area (Å²) in [6.45, 7) is 0.272. The van der Waals surface area contributed by atoms with Crippen LogP contribution >= 0.6 is 0 Å². The van der Waals surface area contributed by atoms with Gasteiger partial charge >= 0.3 is 5.97 Å². The van der Waals surface area contributed by atoms with Gasteiger partial charge in [-0.3, -0.25) is 0 Å². The van der Waals surface area contributed by atoms with Crippen LogP contribution in [0.15, 0.2) is 42.5 Å². The van der Waals surface area contributed by atoms with Crippen LogP contribution in [0.4, 0.5) is 10.1 Å². The molecule has 21 heavy (non-hydrogen) atoms. The first-order chi connectivity index (χ1) is 10.2. The van der Waals surface area contributed by atoms with Crippen LogP contribution in [0.25, 0.3) is 0 Å². The van der Waals surface area contributed by atoms with Gasteiger partial charge in [0.1, 0.15) is 5.82 Å². The maximum Gasteiger partial charge on any atom is 0.338 e. The molecule has 0 unspecified atom stereocenters. The Morgan fingerprint density at radius 1 is 1.33 bits per heavy atom. The lowest BCUT2D eigenvalue weighted by atomic mass is 10.1. The fourth-order valence-electron chi connectivity index (χ4n) is 1.90. The molecule has 0 aliphatic rings. The van der Waals surface area contributed by atoms with E-state index >= 15 is 0 Å². The number of carbonyl (C=O) groups is 1. The minimum Gasteiger partial charge on any atom is -0.465 e. The Hall–Kier alpha value is -2.87. The number of nitriles is 1. The summed E-state index contributed by atoms with van der Waals surface area (Å²) in [5, 5.41) is 11.6. The highest BCUT2D eigenvalue weighted by molar-refractivity contribution is 5.91.